The average Bonchev–Trinajstić information content (AvgIpc) is 2.65. The highest BCUT2D eigenvalue weighted by Crippen LogP contribution is 2.29. The molecule has 1 amide bonds. The summed E-state index contributed by atoms with van der Waals surface area (Å²) < 4.78 is 0. The molecule has 1 N–H and O–H groups in total. The topological polar surface area (TPSA) is 32.3 Å². The first-order chi connectivity index (χ1) is 9.56. The second-order valence-corrected chi connectivity index (χ2v) is 7.22. The largest absolute Gasteiger partial charge is 0.341 e. The van der Waals surface area contributed by atoms with E-state index < -0.39 is 0 Å². The monoisotopic (exact) mass is 280 g/mol. The van der Waals surface area contributed by atoms with Crippen LogP contribution in [0.3, 0.4) is 0 Å². The van der Waals surface area contributed by atoms with Gasteiger partial charge in [-0.2, -0.15) is 0 Å². The third kappa shape index (κ3) is 4.47. The van der Waals surface area contributed by atoms with Gasteiger partial charge in [0.2, 0.25) is 5.91 Å². The number of hydrogen-bond acceptors (Lipinski definition) is 2. The summed E-state index contributed by atoms with van der Waals surface area (Å²) in [6.07, 6.45) is 8.54. The second kappa shape index (κ2) is 7.44. The maximum Gasteiger partial charge on any atom is 0.222 e. The van der Waals surface area contributed by atoms with Gasteiger partial charge in [0.25, 0.3) is 0 Å². The summed E-state index contributed by atoms with van der Waals surface area (Å²) in [4.78, 5) is 13.7. The average molecular weight is 280 g/mol. The third-order valence-corrected chi connectivity index (χ3v) is 5.14. The standard InChI is InChI=1S/C17H32N2O/c1-13(2)15-6-4-7-16(10-9-15)18-14(3)12-19-11-5-8-17(19)20/h13-16,18H,4-12H2,1-3H3. The van der Waals surface area contributed by atoms with Gasteiger partial charge in [-0.05, 0) is 44.4 Å². The fourth-order valence-electron chi connectivity index (χ4n) is 3.85. The van der Waals surface area contributed by atoms with Crippen LogP contribution in [0.2, 0.25) is 0 Å². The van der Waals surface area contributed by atoms with Crippen LogP contribution >= 0.6 is 0 Å². The molecule has 2 aliphatic rings. The van der Waals surface area contributed by atoms with E-state index in [1.54, 1.807) is 0 Å². The summed E-state index contributed by atoms with van der Waals surface area (Å²) in [5.41, 5.74) is 0. The van der Waals surface area contributed by atoms with Gasteiger partial charge in [0.15, 0.2) is 0 Å². The van der Waals surface area contributed by atoms with Crippen LogP contribution in [0.15, 0.2) is 0 Å². The Bertz CT molecular complexity index is 316. The first-order valence-electron chi connectivity index (χ1n) is 8.60. The zero-order valence-electron chi connectivity index (χ0n) is 13.5. The minimum Gasteiger partial charge on any atom is -0.341 e. The van der Waals surface area contributed by atoms with E-state index in [0.29, 0.717) is 18.0 Å². The molecule has 1 saturated heterocycles. The van der Waals surface area contributed by atoms with Gasteiger partial charge in [-0.25, -0.2) is 0 Å². The van der Waals surface area contributed by atoms with Gasteiger partial charge in [0, 0.05) is 31.6 Å². The summed E-state index contributed by atoms with van der Waals surface area (Å²) >= 11 is 0. The second-order valence-electron chi connectivity index (χ2n) is 7.22. The van der Waals surface area contributed by atoms with Crippen molar-refractivity contribution in [2.24, 2.45) is 11.8 Å². The Labute approximate surface area is 124 Å². The van der Waals surface area contributed by atoms with Crippen LogP contribution in [0.25, 0.3) is 0 Å². The minimum atomic E-state index is 0.347. The van der Waals surface area contributed by atoms with E-state index in [4.69, 9.17) is 0 Å². The molecule has 0 spiro atoms. The molecule has 3 atom stereocenters. The Balaban J connectivity index is 1.73. The summed E-state index contributed by atoms with van der Waals surface area (Å²) in [5, 5.41) is 3.77. The lowest BCUT2D eigenvalue weighted by Gasteiger charge is -2.26. The van der Waals surface area contributed by atoms with Crippen molar-refractivity contribution in [2.45, 2.75) is 77.8 Å². The number of carbonyl (C=O) groups excluding carboxylic acids is 1. The van der Waals surface area contributed by atoms with Crippen molar-refractivity contribution in [3.05, 3.63) is 0 Å². The van der Waals surface area contributed by atoms with Gasteiger partial charge in [-0.3, -0.25) is 4.79 Å². The molecular formula is C17H32N2O. The zero-order valence-corrected chi connectivity index (χ0v) is 13.5. The van der Waals surface area contributed by atoms with E-state index in [-0.39, 0.29) is 0 Å². The molecule has 0 aromatic carbocycles. The lowest BCUT2D eigenvalue weighted by molar-refractivity contribution is -0.128. The Morgan fingerprint density at radius 3 is 2.60 bits per heavy atom. The van der Waals surface area contributed by atoms with E-state index >= 15 is 0 Å². The number of amides is 1. The number of rotatable bonds is 5. The molecule has 1 aliphatic carbocycles. The number of carbonyl (C=O) groups is 1. The third-order valence-electron chi connectivity index (χ3n) is 5.14. The van der Waals surface area contributed by atoms with Gasteiger partial charge in [0.05, 0.1) is 0 Å². The van der Waals surface area contributed by atoms with Gasteiger partial charge < -0.3 is 10.2 Å². The van der Waals surface area contributed by atoms with Crippen molar-refractivity contribution < 1.29 is 4.79 Å². The Kier molecular flexibility index (Phi) is 5.88. The van der Waals surface area contributed by atoms with Crippen molar-refractivity contribution in [1.82, 2.24) is 10.2 Å². The Morgan fingerprint density at radius 1 is 1.15 bits per heavy atom. The molecule has 0 aromatic heterocycles. The lowest BCUT2D eigenvalue weighted by atomic mass is 9.89. The van der Waals surface area contributed by atoms with E-state index in [9.17, 15) is 4.79 Å². The molecular weight excluding hydrogens is 248 g/mol. The smallest absolute Gasteiger partial charge is 0.222 e. The fraction of sp³-hybridized carbons (Fsp3) is 0.941. The summed E-state index contributed by atoms with van der Waals surface area (Å²) in [7, 11) is 0. The predicted octanol–water partition coefficient (Wildman–Crippen LogP) is 3.19. The minimum absolute atomic E-state index is 0.347. The van der Waals surface area contributed by atoms with Gasteiger partial charge >= 0.3 is 0 Å². The number of nitrogens with zero attached hydrogens (tertiary/aromatic N) is 1. The molecule has 1 saturated carbocycles. The lowest BCUT2D eigenvalue weighted by Crippen LogP contribution is -2.44. The molecule has 0 bridgehead atoms. The van der Waals surface area contributed by atoms with Crippen molar-refractivity contribution in [2.75, 3.05) is 13.1 Å². The first-order valence-corrected chi connectivity index (χ1v) is 8.60. The van der Waals surface area contributed by atoms with Crippen LogP contribution in [0.5, 0.6) is 0 Å². The SMILES string of the molecule is CC(CN1CCCC1=O)NC1CCCC(C(C)C)CC1. The van der Waals surface area contributed by atoms with Crippen LogP contribution in [-0.2, 0) is 4.79 Å². The van der Waals surface area contributed by atoms with E-state index in [1.807, 2.05) is 4.90 Å². The van der Waals surface area contributed by atoms with Crippen molar-refractivity contribution >= 4 is 5.91 Å². The molecule has 1 aliphatic heterocycles. The Morgan fingerprint density at radius 2 is 1.95 bits per heavy atom. The maximum atomic E-state index is 11.7. The Hall–Kier alpha value is -0.570. The summed E-state index contributed by atoms with van der Waals surface area (Å²) in [6.45, 7) is 8.81. The van der Waals surface area contributed by atoms with E-state index in [2.05, 4.69) is 26.1 Å². The quantitative estimate of drug-likeness (QED) is 0.784. The number of nitrogens with one attached hydrogen (secondary N) is 1. The molecule has 116 valence electrons. The molecule has 0 radical (unpaired) electrons. The molecule has 2 rings (SSSR count). The predicted molar refractivity (Wildman–Crippen MR) is 83.6 cm³/mol. The summed E-state index contributed by atoms with van der Waals surface area (Å²) in [5.74, 6) is 2.09. The highest BCUT2D eigenvalue weighted by Gasteiger charge is 2.25. The molecule has 3 nitrogen and oxygen atoms in total. The summed E-state index contributed by atoms with van der Waals surface area (Å²) in [6, 6.07) is 1.09. The van der Waals surface area contributed by atoms with Crippen LogP contribution < -0.4 is 5.32 Å². The van der Waals surface area contributed by atoms with Gasteiger partial charge in [-0.15, -0.1) is 0 Å². The van der Waals surface area contributed by atoms with Crippen LogP contribution in [0.1, 0.15) is 65.7 Å². The first kappa shape index (κ1) is 15.8. The highest BCUT2D eigenvalue weighted by atomic mass is 16.2. The maximum absolute atomic E-state index is 11.7. The molecule has 1 heterocycles. The fourth-order valence-corrected chi connectivity index (χ4v) is 3.85. The zero-order chi connectivity index (χ0) is 14.5. The van der Waals surface area contributed by atoms with E-state index in [0.717, 1.165) is 37.8 Å². The van der Waals surface area contributed by atoms with Gasteiger partial charge in [0.1, 0.15) is 0 Å². The van der Waals surface area contributed by atoms with Crippen LogP contribution in [0, 0.1) is 11.8 Å². The van der Waals surface area contributed by atoms with E-state index in [1.165, 1.54) is 32.1 Å². The van der Waals surface area contributed by atoms with Gasteiger partial charge in [-0.1, -0.05) is 26.7 Å². The number of hydrogen-bond donors (Lipinski definition) is 1. The molecule has 0 aromatic rings. The highest BCUT2D eigenvalue weighted by molar-refractivity contribution is 5.78. The number of likely N-dealkylation sites (tertiary alicyclic amines) is 1. The van der Waals surface area contributed by atoms with Crippen molar-refractivity contribution in [3.8, 4) is 0 Å². The van der Waals surface area contributed by atoms with Crippen molar-refractivity contribution in [3.63, 3.8) is 0 Å². The molecule has 3 heteroatoms. The van der Waals surface area contributed by atoms with Crippen molar-refractivity contribution in [1.29, 1.82) is 0 Å². The molecule has 20 heavy (non-hydrogen) atoms. The molecule has 3 unspecified atom stereocenters. The molecule has 2 fully saturated rings. The van der Waals surface area contributed by atoms with Crippen LogP contribution in [-0.4, -0.2) is 36.0 Å². The normalized spacial score (nSPS) is 29.8. The van der Waals surface area contributed by atoms with Crippen LogP contribution in [0.4, 0.5) is 0 Å².